The Morgan fingerprint density at radius 3 is 2.48 bits per heavy atom. The second-order valence-electron chi connectivity index (χ2n) is 6.60. The van der Waals surface area contributed by atoms with E-state index in [1.165, 1.54) is 0 Å². The fourth-order valence-corrected chi connectivity index (χ4v) is 3.41. The molecule has 1 amide bonds. The third kappa shape index (κ3) is 3.96. The van der Waals surface area contributed by atoms with Crippen molar-refractivity contribution in [2.24, 2.45) is 5.73 Å². The topological polar surface area (TPSA) is 124 Å². The summed E-state index contributed by atoms with van der Waals surface area (Å²) in [5.74, 6) is -2.95. The van der Waals surface area contributed by atoms with E-state index in [9.17, 15) is 14.4 Å². The predicted octanol–water partition coefficient (Wildman–Crippen LogP) is 1.93. The molecule has 29 heavy (non-hydrogen) atoms. The second kappa shape index (κ2) is 8.14. The standard InChI is InChI=1S/C21H21N3O5/c1-3-14-15(10-13-7-5-4-6-8-13)24-19(18(14)20(27)21(22)28)16(9-12(2)23-24)29-11-17(25)26/h4-9H,3,10-11H2,1-2H3,(H2,22,28)(H,25,26). The Balaban J connectivity index is 2.33. The number of nitrogens with zero attached hydrogens (tertiary/aromatic N) is 2. The maximum absolute atomic E-state index is 12.7. The van der Waals surface area contributed by atoms with Gasteiger partial charge in [0.05, 0.1) is 17.0 Å². The van der Waals surface area contributed by atoms with E-state index in [1.807, 2.05) is 37.3 Å². The molecule has 0 fully saturated rings. The molecule has 0 aliphatic heterocycles. The van der Waals surface area contributed by atoms with Gasteiger partial charge in [-0.25, -0.2) is 9.31 Å². The number of Topliss-reactive ketones (excluding diaryl/α,β-unsaturated/α-hetero) is 1. The number of hydrogen-bond donors (Lipinski definition) is 2. The number of hydrogen-bond acceptors (Lipinski definition) is 5. The van der Waals surface area contributed by atoms with Crippen LogP contribution in [0, 0.1) is 6.92 Å². The maximum atomic E-state index is 12.7. The fourth-order valence-electron chi connectivity index (χ4n) is 3.41. The quantitative estimate of drug-likeness (QED) is 0.444. The van der Waals surface area contributed by atoms with Crippen LogP contribution in [0.1, 0.15) is 39.8 Å². The molecule has 8 nitrogen and oxygen atoms in total. The van der Waals surface area contributed by atoms with E-state index >= 15 is 0 Å². The molecule has 1 aromatic carbocycles. The first kappa shape index (κ1) is 20.1. The molecule has 8 heteroatoms. The summed E-state index contributed by atoms with van der Waals surface area (Å²) in [6.45, 7) is 3.01. The van der Waals surface area contributed by atoms with E-state index in [1.54, 1.807) is 17.5 Å². The zero-order valence-corrected chi connectivity index (χ0v) is 16.1. The maximum Gasteiger partial charge on any atom is 0.341 e. The minimum absolute atomic E-state index is 0.110. The molecule has 0 aliphatic carbocycles. The van der Waals surface area contributed by atoms with Crippen LogP contribution in [0.4, 0.5) is 0 Å². The van der Waals surface area contributed by atoms with Crippen LogP contribution < -0.4 is 10.5 Å². The number of primary amides is 1. The number of ether oxygens (including phenoxy) is 1. The number of carboxylic acids is 1. The van der Waals surface area contributed by atoms with Gasteiger partial charge in [-0.3, -0.25) is 9.59 Å². The summed E-state index contributed by atoms with van der Waals surface area (Å²) >= 11 is 0. The highest BCUT2D eigenvalue weighted by Crippen LogP contribution is 2.33. The lowest BCUT2D eigenvalue weighted by Crippen LogP contribution is -2.24. The van der Waals surface area contributed by atoms with Gasteiger partial charge in [0.25, 0.3) is 11.7 Å². The van der Waals surface area contributed by atoms with Crippen molar-refractivity contribution in [1.82, 2.24) is 9.61 Å². The number of carbonyl (C=O) groups is 3. The van der Waals surface area contributed by atoms with Gasteiger partial charge in [0.1, 0.15) is 11.3 Å². The Hall–Kier alpha value is -3.68. The first-order chi connectivity index (χ1) is 13.8. The monoisotopic (exact) mass is 395 g/mol. The number of aromatic nitrogens is 2. The number of aliphatic carboxylic acids is 1. The van der Waals surface area contributed by atoms with Gasteiger partial charge in [0.2, 0.25) is 0 Å². The molecule has 2 aromatic heterocycles. The molecule has 0 spiro atoms. The van der Waals surface area contributed by atoms with Crippen LogP contribution in [-0.2, 0) is 22.4 Å². The third-order valence-electron chi connectivity index (χ3n) is 4.56. The highest BCUT2D eigenvalue weighted by atomic mass is 16.5. The third-order valence-corrected chi connectivity index (χ3v) is 4.56. The zero-order valence-electron chi connectivity index (χ0n) is 16.1. The Morgan fingerprint density at radius 1 is 1.21 bits per heavy atom. The van der Waals surface area contributed by atoms with Crippen molar-refractivity contribution >= 4 is 23.2 Å². The highest BCUT2D eigenvalue weighted by molar-refractivity contribution is 6.44. The van der Waals surface area contributed by atoms with Crippen LogP contribution in [0.3, 0.4) is 0 Å². The number of carbonyl (C=O) groups excluding carboxylic acids is 2. The van der Waals surface area contributed by atoms with Crippen molar-refractivity contribution in [2.75, 3.05) is 6.61 Å². The van der Waals surface area contributed by atoms with Gasteiger partial charge in [-0.15, -0.1) is 0 Å². The summed E-state index contributed by atoms with van der Waals surface area (Å²) in [7, 11) is 0. The first-order valence-electron chi connectivity index (χ1n) is 9.10. The number of carboxylic acid groups (broad SMARTS) is 1. The van der Waals surface area contributed by atoms with Gasteiger partial charge in [-0.1, -0.05) is 37.3 Å². The SMILES string of the molecule is CCc1c(C(=O)C(N)=O)c2c(OCC(=O)O)cc(C)nn2c1Cc1ccccc1. The normalized spacial score (nSPS) is 10.8. The van der Waals surface area contributed by atoms with E-state index in [4.69, 9.17) is 15.6 Å². The number of ketones is 1. The average molecular weight is 395 g/mol. The van der Waals surface area contributed by atoms with E-state index in [0.717, 1.165) is 11.3 Å². The summed E-state index contributed by atoms with van der Waals surface area (Å²) in [5.41, 5.74) is 8.58. The summed E-state index contributed by atoms with van der Waals surface area (Å²) < 4.78 is 6.99. The lowest BCUT2D eigenvalue weighted by atomic mass is 9.99. The smallest absolute Gasteiger partial charge is 0.341 e. The Labute approximate surface area is 166 Å². The number of aryl methyl sites for hydroxylation is 1. The Bertz CT molecular complexity index is 1100. The molecule has 0 atom stereocenters. The molecule has 0 saturated heterocycles. The molecule has 0 saturated carbocycles. The van der Waals surface area contributed by atoms with Crippen LogP contribution in [-0.4, -0.2) is 39.0 Å². The van der Waals surface area contributed by atoms with E-state index < -0.39 is 24.3 Å². The summed E-state index contributed by atoms with van der Waals surface area (Å²) in [6.07, 6.45) is 0.920. The fraction of sp³-hybridized carbons (Fsp3) is 0.238. The number of nitrogens with two attached hydrogens (primary N) is 1. The minimum Gasteiger partial charge on any atom is -0.480 e. The molecule has 3 rings (SSSR count). The molecule has 0 radical (unpaired) electrons. The Morgan fingerprint density at radius 2 is 1.90 bits per heavy atom. The van der Waals surface area contributed by atoms with Crippen LogP contribution in [0.15, 0.2) is 36.4 Å². The molecule has 3 N–H and O–H groups in total. The molecule has 2 heterocycles. The van der Waals surface area contributed by atoms with Crippen LogP contribution in [0.5, 0.6) is 5.75 Å². The first-order valence-corrected chi connectivity index (χ1v) is 9.10. The number of rotatable bonds is 8. The molecular weight excluding hydrogens is 374 g/mol. The summed E-state index contributed by atoms with van der Waals surface area (Å²) in [5, 5.41) is 13.5. The van der Waals surface area contributed by atoms with E-state index in [-0.39, 0.29) is 16.8 Å². The van der Waals surface area contributed by atoms with Crippen molar-refractivity contribution in [2.45, 2.75) is 26.7 Å². The number of fused-ring (bicyclic) bond motifs is 1. The van der Waals surface area contributed by atoms with Gasteiger partial charge >= 0.3 is 5.97 Å². The molecular formula is C21H21N3O5. The van der Waals surface area contributed by atoms with Crippen molar-refractivity contribution < 1.29 is 24.2 Å². The average Bonchev–Trinajstić information content (AvgIpc) is 2.99. The van der Waals surface area contributed by atoms with Gasteiger partial charge in [-0.05, 0) is 24.5 Å². The van der Waals surface area contributed by atoms with Crippen molar-refractivity contribution in [1.29, 1.82) is 0 Å². The summed E-state index contributed by atoms with van der Waals surface area (Å²) in [6, 6.07) is 11.2. The summed E-state index contributed by atoms with van der Waals surface area (Å²) in [4.78, 5) is 35.4. The van der Waals surface area contributed by atoms with E-state index in [2.05, 4.69) is 5.10 Å². The molecule has 150 valence electrons. The molecule has 0 aliphatic rings. The number of benzene rings is 1. The predicted molar refractivity (Wildman–Crippen MR) is 105 cm³/mol. The number of amides is 1. The zero-order chi connectivity index (χ0) is 21.1. The van der Waals surface area contributed by atoms with Crippen LogP contribution in [0.25, 0.3) is 5.52 Å². The van der Waals surface area contributed by atoms with Crippen molar-refractivity contribution in [3.63, 3.8) is 0 Å². The highest BCUT2D eigenvalue weighted by Gasteiger charge is 2.29. The van der Waals surface area contributed by atoms with Crippen LogP contribution in [0.2, 0.25) is 0 Å². The Kier molecular flexibility index (Phi) is 5.63. The van der Waals surface area contributed by atoms with Gasteiger partial charge in [0.15, 0.2) is 6.61 Å². The minimum atomic E-state index is -1.16. The van der Waals surface area contributed by atoms with Gasteiger partial charge in [0, 0.05) is 12.5 Å². The largest absolute Gasteiger partial charge is 0.480 e. The van der Waals surface area contributed by atoms with E-state index in [0.29, 0.717) is 24.1 Å². The molecule has 0 unspecified atom stereocenters. The second-order valence-corrected chi connectivity index (χ2v) is 6.60. The van der Waals surface area contributed by atoms with Crippen LogP contribution >= 0.6 is 0 Å². The molecule has 0 bridgehead atoms. The van der Waals surface area contributed by atoms with Gasteiger partial charge < -0.3 is 15.6 Å². The molecule has 3 aromatic rings. The lowest BCUT2D eigenvalue weighted by Gasteiger charge is -2.10. The lowest BCUT2D eigenvalue weighted by molar-refractivity contribution is -0.139. The van der Waals surface area contributed by atoms with Crippen molar-refractivity contribution in [3.8, 4) is 5.75 Å². The van der Waals surface area contributed by atoms with Gasteiger partial charge in [-0.2, -0.15) is 5.10 Å². The van der Waals surface area contributed by atoms with Crippen molar-refractivity contribution in [3.05, 3.63) is 64.5 Å².